The lowest BCUT2D eigenvalue weighted by molar-refractivity contribution is -0.178. The smallest absolute Gasteiger partial charge is 0.0714 e. The second-order valence-corrected chi connectivity index (χ2v) is 14.1. The summed E-state index contributed by atoms with van der Waals surface area (Å²) in [4.78, 5) is -0.875. The van der Waals surface area contributed by atoms with E-state index in [0.29, 0.717) is 59.2 Å². The molecule has 0 aromatic carbocycles. The van der Waals surface area contributed by atoms with E-state index in [1.54, 1.807) is 0 Å². The van der Waals surface area contributed by atoms with Gasteiger partial charge in [0.1, 0.15) is 0 Å². The molecule has 160 valence electrons. The number of hydrogen-bond donors (Lipinski definition) is 0. The summed E-state index contributed by atoms with van der Waals surface area (Å²) < 4.78 is 0. The minimum Gasteiger partial charge on any atom is -0.119 e. The largest absolute Gasteiger partial charge is 0.119 e. The Labute approximate surface area is 199 Å². The monoisotopic (exact) mass is 480 g/mol. The van der Waals surface area contributed by atoms with Gasteiger partial charge >= 0.3 is 0 Å². The molecule has 0 spiro atoms. The molecule has 4 heteroatoms. The van der Waals surface area contributed by atoms with Crippen LogP contribution in [0.1, 0.15) is 25.7 Å². The molecule has 16 atom stereocenters. The van der Waals surface area contributed by atoms with Crippen LogP contribution in [0.3, 0.4) is 0 Å². The number of fused-ring (bicyclic) bond motifs is 3. The van der Waals surface area contributed by atoms with Crippen LogP contribution in [-0.4, -0.2) is 20.5 Å². The van der Waals surface area contributed by atoms with Gasteiger partial charge in [-0.05, 0) is 96.7 Å². The first-order valence-corrected chi connectivity index (χ1v) is 13.8. The van der Waals surface area contributed by atoms with E-state index in [1.807, 2.05) is 0 Å². The molecule has 0 heterocycles. The zero-order chi connectivity index (χ0) is 20.2. The zero-order valence-electron chi connectivity index (χ0n) is 16.9. The molecule has 0 amide bonds. The van der Waals surface area contributed by atoms with E-state index in [0.717, 1.165) is 11.8 Å². The molecule has 30 heavy (non-hydrogen) atoms. The van der Waals surface area contributed by atoms with Crippen LogP contribution in [0.25, 0.3) is 0 Å². The Morgan fingerprint density at radius 3 is 1.23 bits per heavy atom. The fourth-order valence-corrected chi connectivity index (χ4v) is 13.4. The van der Waals surface area contributed by atoms with Gasteiger partial charge in [-0.1, -0.05) is 36.5 Å². The molecule has 0 radical (unpaired) electrons. The van der Waals surface area contributed by atoms with Crippen molar-refractivity contribution in [1.82, 2.24) is 0 Å². The third kappa shape index (κ3) is 1.78. The predicted molar refractivity (Wildman–Crippen MR) is 124 cm³/mol. The average molecular weight is 482 g/mol. The lowest BCUT2D eigenvalue weighted by Gasteiger charge is -2.78. The standard InChI is InChI=1S/C26H28Cl4/c27-23-24(28)26(30)20-14-7-5-13(6-8-14)19(20)25(23,29)21-15-9-10-16(22(21)26)18-12-2-1-11(3-4-12)17(15)18/h1-2,5,7,9-24H,3-4,6,8H2/t11-,12+,13+,14-,15-,16+,17+,18-,19+,20-,21-,22+,23-,24+,25-,26+. The highest BCUT2D eigenvalue weighted by Crippen LogP contribution is 2.79. The summed E-state index contributed by atoms with van der Waals surface area (Å²) in [6.07, 6.45) is 20.2. The summed E-state index contributed by atoms with van der Waals surface area (Å²) in [6.45, 7) is 0. The second kappa shape index (κ2) is 5.71. The van der Waals surface area contributed by atoms with E-state index in [1.165, 1.54) is 25.7 Å². The topological polar surface area (TPSA) is 0 Å². The van der Waals surface area contributed by atoms with Crippen molar-refractivity contribution in [1.29, 1.82) is 0 Å². The van der Waals surface area contributed by atoms with Crippen LogP contribution in [0, 0.1) is 71.0 Å². The van der Waals surface area contributed by atoms with Crippen LogP contribution in [0.4, 0.5) is 0 Å². The molecule has 6 fully saturated rings. The summed E-state index contributed by atoms with van der Waals surface area (Å²) in [6, 6.07) is 0. The molecule has 8 bridgehead atoms. The van der Waals surface area contributed by atoms with E-state index in [-0.39, 0.29) is 10.8 Å². The molecular formula is C26H28Cl4. The minimum atomic E-state index is -0.437. The summed E-state index contributed by atoms with van der Waals surface area (Å²) in [5, 5.41) is -0.507. The molecule has 0 aromatic heterocycles. The van der Waals surface area contributed by atoms with Gasteiger partial charge in [0.15, 0.2) is 0 Å². The van der Waals surface area contributed by atoms with Gasteiger partial charge in [0.25, 0.3) is 0 Å². The Hall–Kier alpha value is 0.380. The van der Waals surface area contributed by atoms with Crippen molar-refractivity contribution in [3.05, 3.63) is 36.5 Å². The van der Waals surface area contributed by atoms with Crippen molar-refractivity contribution in [2.75, 3.05) is 0 Å². The summed E-state index contributed by atoms with van der Waals surface area (Å²) >= 11 is 30.3. The number of allylic oxidation sites excluding steroid dienone is 6. The van der Waals surface area contributed by atoms with Crippen LogP contribution in [0.2, 0.25) is 0 Å². The lowest BCUT2D eigenvalue weighted by atomic mass is 9.32. The van der Waals surface area contributed by atoms with Crippen LogP contribution >= 0.6 is 46.4 Å². The summed E-state index contributed by atoms with van der Waals surface area (Å²) in [5.41, 5.74) is 0. The van der Waals surface area contributed by atoms with Crippen molar-refractivity contribution < 1.29 is 0 Å². The highest BCUT2D eigenvalue weighted by atomic mass is 35.5. The van der Waals surface area contributed by atoms with E-state index >= 15 is 0 Å². The SMILES string of the molecule is Cl[C@@H]1[C@H](Cl)[C@@]2(Cl)[C@H]3[C@H]4C=C[C@H]([C@H]5[C@@H]4[C@H]4C=C[C@@H]5CC4)[C@H]3[C@]1(Cl)[C@@H]1[C@H]2[C@@H]2C=C[C@H]1CC2. The highest BCUT2D eigenvalue weighted by molar-refractivity contribution is 6.42. The Balaban J connectivity index is 1.37. The van der Waals surface area contributed by atoms with Gasteiger partial charge in [0, 0.05) is 0 Å². The third-order valence-electron chi connectivity index (χ3n) is 11.4. The van der Waals surface area contributed by atoms with Crippen LogP contribution in [-0.2, 0) is 0 Å². The molecule has 12 aliphatic rings. The normalized spacial score (nSPS) is 70.0. The van der Waals surface area contributed by atoms with Crippen molar-refractivity contribution in [3.8, 4) is 0 Å². The summed E-state index contributed by atoms with van der Waals surface area (Å²) in [7, 11) is 0. The molecule has 0 N–H and O–H groups in total. The number of hydrogen-bond acceptors (Lipinski definition) is 0. The highest BCUT2D eigenvalue weighted by Gasteiger charge is 2.81. The van der Waals surface area contributed by atoms with Gasteiger partial charge in [-0.15, -0.1) is 46.4 Å². The fourth-order valence-electron chi connectivity index (χ4n) is 10.8. The van der Waals surface area contributed by atoms with E-state index in [9.17, 15) is 0 Å². The van der Waals surface area contributed by atoms with E-state index in [2.05, 4.69) is 36.5 Å². The van der Waals surface area contributed by atoms with Crippen molar-refractivity contribution >= 4 is 46.4 Å². The third-order valence-corrected chi connectivity index (χ3v) is 14.5. The minimum absolute atomic E-state index is 0.254. The number of alkyl halides is 4. The maximum absolute atomic E-state index is 7.91. The Bertz CT molecular complexity index is 839. The molecule has 0 unspecified atom stereocenters. The van der Waals surface area contributed by atoms with E-state index in [4.69, 9.17) is 46.4 Å². The maximum Gasteiger partial charge on any atom is 0.0714 e. The van der Waals surface area contributed by atoms with Crippen molar-refractivity contribution in [3.63, 3.8) is 0 Å². The maximum atomic E-state index is 7.91. The van der Waals surface area contributed by atoms with Gasteiger partial charge in [-0.3, -0.25) is 0 Å². The quantitative estimate of drug-likeness (QED) is 0.261. The van der Waals surface area contributed by atoms with Crippen LogP contribution < -0.4 is 0 Å². The molecule has 0 aromatic rings. The molecule has 0 nitrogen and oxygen atoms in total. The molecule has 6 saturated carbocycles. The van der Waals surface area contributed by atoms with Gasteiger partial charge in [0.2, 0.25) is 0 Å². The Kier molecular flexibility index (Phi) is 3.57. The Morgan fingerprint density at radius 1 is 0.500 bits per heavy atom. The summed E-state index contributed by atoms with van der Waals surface area (Å²) in [5.74, 6) is 6.43. The molecule has 12 aliphatic carbocycles. The fraction of sp³-hybridized carbons (Fsp3) is 0.769. The van der Waals surface area contributed by atoms with Crippen LogP contribution in [0.5, 0.6) is 0 Å². The molecular weight excluding hydrogens is 454 g/mol. The van der Waals surface area contributed by atoms with Crippen LogP contribution in [0.15, 0.2) is 36.5 Å². The Morgan fingerprint density at radius 2 is 0.867 bits per heavy atom. The second-order valence-electron chi connectivity index (χ2n) is 11.8. The van der Waals surface area contributed by atoms with Gasteiger partial charge in [-0.25, -0.2) is 0 Å². The molecule has 0 aliphatic heterocycles. The first-order chi connectivity index (χ1) is 14.5. The van der Waals surface area contributed by atoms with Gasteiger partial charge < -0.3 is 0 Å². The van der Waals surface area contributed by atoms with Crippen molar-refractivity contribution in [2.45, 2.75) is 46.2 Å². The molecule has 0 saturated heterocycles. The first kappa shape index (κ1) is 18.8. The molecule has 12 rings (SSSR count). The lowest BCUT2D eigenvalue weighted by Crippen LogP contribution is -2.83. The zero-order valence-corrected chi connectivity index (χ0v) is 19.9. The van der Waals surface area contributed by atoms with Crippen molar-refractivity contribution in [2.24, 2.45) is 71.0 Å². The van der Waals surface area contributed by atoms with Gasteiger partial charge in [-0.2, -0.15) is 0 Å². The predicted octanol–water partition coefficient (Wildman–Crippen LogP) is 6.89. The van der Waals surface area contributed by atoms with E-state index < -0.39 is 9.75 Å². The number of halogens is 4. The number of rotatable bonds is 0. The first-order valence-electron chi connectivity index (χ1n) is 12.2. The van der Waals surface area contributed by atoms with Gasteiger partial charge in [0.05, 0.1) is 20.5 Å². The average Bonchev–Trinajstić information content (AvgIpc) is 2.81.